The minimum Gasteiger partial charge on any atom is -0.460 e. The van der Waals surface area contributed by atoms with Gasteiger partial charge in [0.25, 0.3) is 0 Å². The quantitative estimate of drug-likeness (QED) is 0.722. The van der Waals surface area contributed by atoms with E-state index in [0.29, 0.717) is 18.0 Å². The van der Waals surface area contributed by atoms with Gasteiger partial charge in [0.05, 0.1) is 12.0 Å². The van der Waals surface area contributed by atoms with Crippen molar-refractivity contribution in [1.29, 1.82) is 0 Å². The summed E-state index contributed by atoms with van der Waals surface area (Å²) in [6.07, 6.45) is 2.25. The predicted octanol–water partition coefficient (Wildman–Crippen LogP) is 2.10. The van der Waals surface area contributed by atoms with Crippen molar-refractivity contribution in [2.45, 2.75) is 43.9 Å². The molecule has 3 heteroatoms. The molecular weight excluding hydrogens is 238 g/mol. The number of piperidine rings is 1. The maximum absolute atomic E-state index is 12.2. The van der Waals surface area contributed by atoms with Crippen LogP contribution < -0.4 is 0 Å². The van der Waals surface area contributed by atoms with Crippen LogP contribution in [-0.4, -0.2) is 36.1 Å². The highest BCUT2D eigenvalue weighted by Crippen LogP contribution is 2.51. The molecule has 100 valence electrons. The summed E-state index contributed by atoms with van der Waals surface area (Å²) in [5.41, 5.74) is 2.57. The van der Waals surface area contributed by atoms with Crippen molar-refractivity contribution in [2.24, 2.45) is 5.92 Å². The van der Waals surface area contributed by atoms with Gasteiger partial charge >= 0.3 is 5.97 Å². The van der Waals surface area contributed by atoms with Crippen molar-refractivity contribution in [3.63, 3.8) is 0 Å². The van der Waals surface area contributed by atoms with Gasteiger partial charge in [0.1, 0.15) is 6.10 Å². The Kier molecular flexibility index (Phi) is 2.31. The fourth-order valence-electron chi connectivity index (χ4n) is 4.31. The second-order valence-corrected chi connectivity index (χ2v) is 6.30. The first kappa shape index (κ1) is 11.5. The first-order chi connectivity index (χ1) is 9.15. The molecule has 0 aromatic heterocycles. The fourth-order valence-corrected chi connectivity index (χ4v) is 4.31. The van der Waals surface area contributed by atoms with Crippen LogP contribution in [0.5, 0.6) is 0 Å². The summed E-state index contributed by atoms with van der Waals surface area (Å²) in [5.74, 6) is 0.397. The zero-order valence-electron chi connectivity index (χ0n) is 11.4. The van der Waals surface area contributed by atoms with E-state index in [1.54, 1.807) is 0 Å². The molecule has 0 aliphatic carbocycles. The maximum atomic E-state index is 12.2. The van der Waals surface area contributed by atoms with Gasteiger partial charge in [-0.25, -0.2) is 0 Å². The number of hydrogen-bond acceptors (Lipinski definition) is 3. The minimum absolute atomic E-state index is 0.0191. The Morgan fingerprint density at radius 1 is 1.21 bits per heavy atom. The first-order valence-corrected chi connectivity index (χ1v) is 7.14. The predicted molar refractivity (Wildman–Crippen MR) is 71.9 cm³/mol. The SMILES string of the molecule is Cc1ccc(C2CC3CC4OC(=O)C2C4N3C)cc1. The molecule has 3 saturated heterocycles. The van der Waals surface area contributed by atoms with E-state index in [0.717, 1.165) is 12.8 Å². The van der Waals surface area contributed by atoms with Crippen LogP contribution in [0.2, 0.25) is 0 Å². The summed E-state index contributed by atoms with van der Waals surface area (Å²) in [4.78, 5) is 14.6. The Morgan fingerprint density at radius 3 is 2.68 bits per heavy atom. The number of rotatable bonds is 1. The van der Waals surface area contributed by atoms with Crippen LogP contribution in [0.1, 0.15) is 29.9 Å². The Balaban J connectivity index is 1.74. The molecule has 1 aromatic carbocycles. The minimum atomic E-state index is 0.0191. The lowest BCUT2D eigenvalue weighted by Crippen LogP contribution is -2.47. The summed E-state index contributed by atoms with van der Waals surface area (Å²) in [5, 5.41) is 0. The Labute approximate surface area is 113 Å². The number of esters is 1. The number of hydrogen-bond donors (Lipinski definition) is 0. The summed E-state index contributed by atoms with van der Waals surface area (Å²) in [6.45, 7) is 2.10. The van der Waals surface area contributed by atoms with Gasteiger partial charge in [-0.3, -0.25) is 9.69 Å². The third kappa shape index (κ3) is 1.51. The highest BCUT2D eigenvalue weighted by atomic mass is 16.6. The highest BCUT2D eigenvalue weighted by molar-refractivity contribution is 5.78. The third-order valence-electron chi connectivity index (χ3n) is 5.30. The summed E-state index contributed by atoms with van der Waals surface area (Å²) >= 11 is 0. The van der Waals surface area contributed by atoms with Crippen LogP contribution in [0.25, 0.3) is 0 Å². The number of aryl methyl sites for hydroxylation is 1. The zero-order valence-corrected chi connectivity index (χ0v) is 11.4. The lowest BCUT2D eigenvalue weighted by atomic mass is 9.77. The van der Waals surface area contributed by atoms with Crippen molar-refractivity contribution < 1.29 is 9.53 Å². The van der Waals surface area contributed by atoms with E-state index in [9.17, 15) is 4.79 Å². The smallest absolute Gasteiger partial charge is 0.311 e. The Morgan fingerprint density at radius 2 is 1.95 bits per heavy atom. The van der Waals surface area contributed by atoms with E-state index in [-0.39, 0.29) is 18.0 Å². The largest absolute Gasteiger partial charge is 0.460 e. The van der Waals surface area contributed by atoms with Gasteiger partial charge < -0.3 is 4.74 Å². The van der Waals surface area contributed by atoms with Crippen LogP contribution >= 0.6 is 0 Å². The monoisotopic (exact) mass is 257 g/mol. The lowest BCUT2D eigenvalue weighted by molar-refractivity contribution is -0.146. The van der Waals surface area contributed by atoms with Crippen LogP contribution in [0, 0.1) is 12.8 Å². The van der Waals surface area contributed by atoms with E-state index >= 15 is 0 Å². The molecule has 3 aliphatic heterocycles. The number of fused-ring (bicyclic) bond motifs is 1. The lowest BCUT2D eigenvalue weighted by Gasteiger charge is -2.39. The number of ether oxygens (including phenoxy) is 1. The molecule has 0 amide bonds. The molecule has 5 unspecified atom stereocenters. The van der Waals surface area contributed by atoms with Crippen LogP contribution in [0.15, 0.2) is 24.3 Å². The molecule has 3 nitrogen and oxygen atoms in total. The highest BCUT2D eigenvalue weighted by Gasteiger charge is 2.60. The molecule has 19 heavy (non-hydrogen) atoms. The summed E-state index contributed by atoms with van der Waals surface area (Å²) in [7, 11) is 2.15. The van der Waals surface area contributed by atoms with E-state index in [4.69, 9.17) is 4.74 Å². The number of carbonyl (C=O) groups is 1. The van der Waals surface area contributed by atoms with Gasteiger partial charge in [0.2, 0.25) is 0 Å². The van der Waals surface area contributed by atoms with Gasteiger partial charge in [-0.1, -0.05) is 29.8 Å². The first-order valence-electron chi connectivity index (χ1n) is 7.14. The standard InChI is InChI=1S/C16H19NO2/c1-9-3-5-10(6-4-9)12-7-11-8-13-15(17(11)2)14(12)16(18)19-13/h3-6,11-15H,7-8H2,1-2H3. The molecule has 4 rings (SSSR count). The molecular formula is C16H19NO2. The number of carbonyl (C=O) groups excluding carboxylic acids is 1. The second-order valence-electron chi connectivity index (χ2n) is 6.30. The molecule has 2 bridgehead atoms. The molecule has 5 atom stereocenters. The van der Waals surface area contributed by atoms with Crippen LogP contribution in [0.4, 0.5) is 0 Å². The molecule has 0 saturated carbocycles. The third-order valence-corrected chi connectivity index (χ3v) is 5.30. The van der Waals surface area contributed by atoms with Crippen LogP contribution in [0.3, 0.4) is 0 Å². The molecule has 0 spiro atoms. The zero-order chi connectivity index (χ0) is 13.1. The number of nitrogens with zero attached hydrogens (tertiary/aromatic N) is 1. The van der Waals surface area contributed by atoms with Gasteiger partial charge in [-0.2, -0.15) is 0 Å². The van der Waals surface area contributed by atoms with E-state index in [1.807, 2.05) is 0 Å². The van der Waals surface area contributed by atoms with Crippen molar-refractivity contribution >= 4 is 5.97 Å². The van der Waals surface area contributed by atoms with E-state index in [1.165, 1.54) is 11.1 Å². The van der Waals surface area contributed by atoms with Gasteiger partial charge in [-0.15, -0.1) is 0 Å². The molecule has 3 fully saturated rings. The molecule has 3 heterocycles. The molecule has 3 aliphatic rings. The topological polar surface area (TPSA) is 29.5 Å². The average Bonchev–Trinajstić information content (AvgIpc) is 2.78. The molecule has 0 radical (unpaired) electrons. The van der Waals surface area contributed by atoms with E-state index < -0.39 is 0 Å². The Hall–Kier alpha value is -1.35. The van der Waals surface area contributed by atoms with Crippen molar-refractivity contribution in [3.05, 3.63) is 35.4 Å². The summed E-state index contributed by atoms with van der Waals surface area (Å²) in [6, 6.07) is 9.54. The van der Waals surface area contributed by atoms with Crippen LogP contribution in [-0.2, 0) is 9.53 Å². The number of likely N-dealkylation sites (N-methyl/N-ethyl adjacent to an activating group) is 1. The second kappa shape index (κ2) is 3.83. The van der Waals surface area contributed by atoms with Gasteiger partial charge in [-0.05, 0) is 26.0 Å². The van der Waals surface area contributed by atoms with Gasteiger partial charge in [0, 0.05) is 18.4 Å². The van der Waals surface area contributed by atoms with Crippen molar-refractivity contribution in [1.82, 2.24) is 4.90 Å². The number of benzene rings is 1. The fraction of sp³-hybridized carbons (Fsp3) is 0.562. The average molecular weight is 257 g/mol. The molecule has 0 N–H and O–H groups in total. The normalized spacial score (nSPS) is 40.5. The van der Waals surface area contributed by atoms with Gasteiger partial charge in [0.15, 0.2) is 0 Å². The van der Waals surface area contributed by atoms with Crippen molar-refractivity contribution in [2.75, 3.05) is 7.05 Å². The maximum Gasteiger partial charge on any atom is 0.311 e. The summed E-state index contributed by atoms with van der Waals surface area (Å²) < 4.78 is 5.58. The van der Waals surface area contributed by atoms with E-state index in [2.05, 4.69) is 43.1 Å². The molecule has 1 aromatic rings. The Bertz CT molecular complexity index is 524. The van der Waals surface area contributed by atoms with Crippen molar-refractivity contribution in [3.8, 4) is 0 Å².